The molecule has 0 spiro atoms. The summed E-state index contributed by atoms with van der Waals surface area (Å²) in [7, 11) is 0. The molecule has 0 unspecified atom stereocenters. The topological polar surface area (TPSA) is 91.2 Å². The van der Waals surface area contributed by atoms with Crippen LogP contribution in [0.3, 0.4) is 0 Å². The van der Waals surface area contributed by atoms with Crippen LogP contribution in [0.1, 0.15) is 24.1 Å². The highest BCUT2D eigenvalue weighted by atomic mass is 16.5. The Balaban J connectivity index is 1.26. The molecule has 4 aromatic rings. The van der Waals surface area contributed by atoms with Gasteiger partial charge in [0.2, 0.25) is 11.8 Å². The maximum absolute atomic E-state index is 13.4. The van der Waals surface area contributed by atoms with Gasteiger partial charge in [0.15, 0.2) is 5.82 Å². The molecule has 1 amide bonds. The van der Waals surface area contributed by atoms with Crippen LogP contribution in [-0.2, 0) is 14.9 Å². The summed E-state index contributed by atoms with van der Waals surface area (Å²) in [4.78, 5) is 13.4. The zero-order valence-electron chi connectivity index (χ0n) is 18.8. The van der Waals surface area contributed by atoms with Crippen LogP contribution in [0.2, 0.25) is 0 Å². The summed E-state index contributed by atoms with van der Waals surface area (Å²) in [6.45, 7) is 3.04. The normalized spacial score (nSPS) is 15.0. The molecule has 0 saturated carbocycles. The lowest BCUT2D eigenvalue weighted by Crippen LogP contribution is -2.44. The van der Waals surface area contributed by atoms with Crippen molar-refractivity contribution in [3.63, 3.8) is 0 Å². The Morgan fingerprint density at radius 2 is 1.74 bits per heavy atom. The molecule has 1 saturated heterocycles. The number of carbonyl (C=O) groups is 1. The molecule has 2 aromatic carbocycles. The molecule has 8 heteroatoms. The number of rotatable bonds is 6. The fraction of sp³-hybridized carbons (Fsp3) is 0.231. The maximum Gasteiger partial charge on any atom is 0.238 e. The number of amides is 1. The number of nitrogens with zero attached hydrogens (tertiary/aromatic N) is 4. The molecule has 1 fully saturated rings. The second-order valence-corrected chi connectivity index (χ2v) is 8.27. The quantitative estimate of drug-likeness (QED) is 0.462. The molecule has 172 valence electrons. The van der Waals surface area contributed by atoms with Gasteiger partial charge < -0.3 is 14.8 Å². The number of carbonyl (C=O) groups excluding carboxylic acids is 1. The van der Waals surface area contributed by atoms with Gasteiger partial charge in [0, 0.05) is 31.2 Å². The lowest BCUT2D eigenvalue weighted by molar-refractivity contribution is -0.125. The minimum atomic E-state index is -0.598. The number of nitrogens with one attached hydrogen (secondary N) is 1. The van der Waals surface area contributed by atoms with Crippen molar-refractivity contribution in [2.75, 3.05) is 18.5 Å². The van der Waals surface area contributed by atoms with E-state index in [9.17, 15) is 4.79 Å². The Hall–Kier alpha value is -4.04. The van der Waals surface area contributed by atoms with Crippen LogP contribution in [0.25, 0.3) is 5.82 Å². The summed E-state index contributed by atoms with van der Waals surface area (Å²) >= 11 is 0. The summed E-state index contributed by atoms with van der Waals surface area (Å²) in [6.07, 6.45) is 3.13. The summed E-state index contributed by atoms with van der Waals surface area (Å²) in [5.41, 5.74) is 2.03. The predicted octanol–water partition coefficient (Wildman–Crippen LogP) is 4.45. The van der Waals surface area contributed by atoms with Crippen molar-refractivity contribution in [1.29, 1.82) is 0 Å². The van der Waals surface area contributed by atoms with Crippen LogP contribution in [0, 0.1) is 6.92 Å². The van der Waals surface area contributed by atoms with Gasteiger partial charge in [-0.15, -0.1) is 10.2 Å². The van der Waals surface area contributed by atoms with E-state index in [0.29, 0.717) is 49.2 Å². The molecule has 2 aromatic heterocycles. The van der Waals surface area contributed by atoms with E-state index in [2.05, 4.69) is 20.6 Å². The van der Waals surface area contributed by atoms with Crippen molar-refractivity contribution in [3.05, 3.63) is 90.3 Å². The van der Waals surface area contributed by atoms with E-state index in [1.165, 1.54) is 0 Å². The van der Waals surface area contributed by atoms with Gasteiger partial charge in [0.1, 0.15) is 5.75 Å². The third-order valence-corrected chi connectivity index (χ3v) is 6.03. The van der Waals surface area contributed by atoms with Gasteiger partial charge in [-0.2, -0.15) is 5.10 Å². The van der Waals surface area contributed by atoms with E-state index in [0.717, 1.165) is 11.3 Å². The van der Waals surface area contributed by atoms with Crippen LogP contribution in [0.4, 0.5) is 5.69 Å². The SMILES string of the molecule is Cc1ccn(-c2ccc(Oc3ccc(NC(=O)C4(c5ccccc5)CCOCC4)cc3)nn2)n1. The van der Waals surface area contributed by atoms with Gasteiger partial charge in [-0.1, -0.05) is 30.3 Å². The van der Waals surface area contributed by atoms with Crippen molar-refractivity contribution in [2.24, 2.45) is 0 Å². The maximum atomic E-state index is 13.4. The van der Waals surface area contributed by atoms with E-state index in [-0.39, 0.29) is 5.91 Å². The minimum absolute atomic E-state index is 0.0222. The lowest BCUT2D eigenvalue weighted by atomic mass is 9.73. The Labute approximate surface area is 197 Å². The summed E-state index contributed by atoms with van der Waals surface area (Å²) in [5.74, 6) is 1.55. The highest BCUT2D eigenvalue weighted by molar-refractivity contribution is 5.99. The van der Waals surface area contributed by atoms with Crippen LogP contribution in [0.5, 0.6) is 11.6 Å². The zero-order valence-corrected chi connectivity index (χ0v) is 18.8. The van der Waals surface area contributed by atoms with Crippen molar-refractivity contribution in [2.45, 2.75) is 25.2 Å². The lowest BCUT2D eigenvalue weighted by Gasteiger charge is -2.36. The molecule has 8 nitrogen and oxygen atoms in total. The van der Waals surface area contributed by atoms with Crippen LogP contribution < -0.4 is 10.1 Å². The predicted molar refractivity (Wildman–Crippen MR) is 127 cm³/mol. The monoisotopic (exact) mass is 455 g/mol. The van der Waals surface area contributed by atoms with E-state index < -0.39 is 5.41 Å². The van der Waals surface area contributed by atoms with Crippen molar-refractivity contribution >= 4 is 11.6 Å². The van der Waals surface area contributed by atoms with E-state index in [1.807, 2.05) is 61.7 Å². The fourth-order valence-electron chi connectivity index (χ4n) is 4.13. The zero-order chi connectivity index (χ0) is 23.4. The summed E-state index contributed by atoms with van der Waals surface area (Å²) in [6, 6.07) is 22.6. The number of aromatic nitrogens is 4. The molecule has 1 N–H and O–H groups in total. The molecule has 0 aliphatic carbocycles. The first kappa shape index (κ1) is 21.8. The number of aryl methyl sites for hydroxylation is 1. The highest BCUT2D eigenvalue weighted by Crippen LogP contribution is 2.36. The van der Waals surface area contributed by atoms with Crippen LogP contribution >= 0.6 is 0 Å². The third kappa shape index (κ3) is 4.53. The Morgan fingerprint density at radius 3 is 2.38 bits per heavy atom. The first-order valence-corrected chi connectivity index (χ1v) is 11.2. The van der Waals surface area contributed by atoms with Gasteiger partial charge in [0.25, 0.3) is 0 Å². The Bertz CT molecular complexity index is 1250. The fourth-order valence-corrected chi connectivity index (χ4v) is 4.13. The molecule has 0 bridgehead atoms. The van der Waals surface area contributed by atoms with Crippen molar-refractivity contribution < 1.29 is 14.3 Å². The Morgan fingerprint density at radius 1 is 0.971 bits per heavy atom. The smallest absolute Gasteiger partial charge is 0.238 e. The van der Waals surface area contributed by atoms with E-state index in [1.54, 1.807) is 28.9 Å². The van der Waals surface area contributed by atoms with E-state index >= 15 is 0 Å². The highest BCUT2D eigenvalue weighted by Gasteiger charge is 2.41. The number of ether oxygens (including phenoxy) is 2. The molecule has 1 aliphatic rings. The first-order valence-electron chi connectivity index (χ1n) is 11.2. The van der Waals surface area contributed by atoms with Gasteiger partial charge in [-0.05, 0) is 61.7 Å². The van der Waals surface area contributed by atoms with Crippen molar-refractivity contribution in [1.82, 2.24) is 20.0 Å². The second kappa shape index (κ2) is 9.44. The van der Waals surface area contributed by atoms with Crippen molar-refractivity contribution in [3.8, 4) is 17.4 Å². The number of hydrogen-bond donors (Lipinski definition) is 1. The van der Waals surface area contributed by atoms with E-state index in [4.69, 9.17) is 9.47 Å². The molecule has 3 heterocycles. The number of anilines is 1. The first-order chi connectivity index (χ1) is 16.6. The minimum Gasteiger partial charge on any atom is -0.438 e. The Kier molecular flexibility index (Phi) is 6.05. The molecule has 5 rings (SSSR count). The molecular formula is C26H25N5O3. The van der Waals surface area contributed by atoms with Gasteiger partial charge in [-0.25, -0.2) is 4.68 Å². The average molecular weight is 456 g/mol. The van der Waals surface area contributed by atoms with Crippen LogP contribution in [-0.4, -0.2) is 39.1 Å². The average Bonchev–Trinajstić information content (AvgIpc) is 3.33. The standard InChI is InChI=1S/C26H25N5O3/c1-19-13-16-31(30-19)23-11-12-24(29-28-23)34-22-9-7-21(8-10-22)27-25(32)26(14-17-33-18-15-26)20-5-3-2-4-6-20/h2-13,16H,14-15,17-18H2,1H3,(H,27,32). The van der Waals surface area contributed by atoms with Gasteiger partial charge in [0.05, 0.1) is 11.1 Å². The summed E-state index contributed by atoms with van der Waals surface area (Å²) < 4.78 is 13.0. The van der Waals surface area contributed by atoms with Gasteiger partial charge >= 0.3 is 0 Å². The molecule has 1 aliphatic heterocycles. The third-order valence-electron chi connectivity index (χ3n) is 6.03. The number of benzene rings is 2. The molecule has 0 atom stereocenters. The summed E-state index contributed by atoms with van der Waals surface area (Å²) in [5, 5.41) is 15.7. The van der Waals surface area contributed by atoms with Crippen LogP contribution in [0.15, 0.2) is 79.0 Å². The second-order valence-electron chi connectivity index (χ2n) is 8.27. The van der Waals surface area contributed by atoms with Gasteiger partial charge in [-0.3, -0.25) is 4.79 Å². The molecular weight excluding hydrogens is 430 g/mol. The molecule has 0 radical (unpaired) electrons. The largest absolute Gasteiger partial charge is 0.438 e. The number of hydrogen-bond acceptors (Lipinski definition) is 6. The molecule has 34 heavy (non-hydrogen) atoms.